The molecule has 0 amide bonds. The van der Waals surface area contributed by atoms with Crippen LogP contribution in [0.15, 0.2) is 66.9 Å². The Kier molecular flexibility index (Phi) is 3.89. The summed E-state index contributed by atoms with van der Waals surface area (Å²) in [7, 11) is 0. The highest BCUT2D eigenvalue weighted by Gasteiger charge is 2.09. The van der Waals surface area contributed by atoms with Crippen molar-refractivity contribution in [2.45, 2.75) is 6.61 Å². The Balaban J connectivity index is 1.64. The van der Waals surface area contributed by atoms with Gasteiger partial charge in [-0.2, -0.15) is 4.89 Å². The molecule has 0 aliphatic carbocycles. The van der Waals surface area contributed by atoms with Gasteiger partial charge in [0.25, 0.3) is 0 Å². The van der Waals surface area contributed by atoms with Gasteiger partial charge in [0, 0.05) is 11.6 Å². The first kappa shape index (κ1) is 13.3. The molecule has 3 rings (SSSR count). The van der Waals surface area contributed by atoms with Crippen molar-refractivity contribution in [3.05, 3.63) is 78.0 Å². The van der Waals surface area contributed by atoms with Crippen LogP contribution in [0, 0.1) is 0 Å². The number of rotatable bonds is 4. The maximum atomic E-state index is 11.9. The van der Waals surface area contributed by atoms with Crippen LogP contribution in [0.25, 0.3) is 10.9 Å². The molecular weight excluding hydrogens is 266 g/mol. The lowest BCUT2D eigenvalue weighted by molar-refractivity contribution is -0.250. The van der Waals surface area contributed by atoms with Crippen molar-refractivity contribution < 1.29 is 14.6 Å². The van der Waals surface area contributed by atoms with E-state index in [0.717, 1.165) is 16.5 Å². The average Bonchev–Trinajstić information content (AvgIpc) is 2.55. The number of nitrogens with zero attached hydrogens (tertiary/aromatic N) is 1. The zero-order valence-electron chi connectivity index (χ0n) is 11.2. The van der Waals surface area contributed by atoms with Gasteiger partial charge in [-0.3, -0.25) is 9.87 Å². The Morgan fingerprint density at radius 3 is 2.71 bits per heavy atom. The second-order valence-corrected chi connectivity index (χ2v) is 4.53. The fourth-order valence-corrected chi connectivity index (χ4v) is 1.97. The minimum atomic E-state index is -0.529. The molecule has 0 aliphatic heterocycles. The lowest BCUT2D eigenvalue weighted by atomic mass is 10.1. The van der Waals surface area contributed by atoms with E-state index in [4.69, 9.17) is 9.78 Å². The van der Waals surface area contributed by atoms with Crippen LogP contribution >= 0.6 is 0 Å². The molecule has 0 aliphatic rings. The van der Waals surface area contributed by atoms with E-state index >= 15 is 0 Å². The van der Waals surface area contributed by atoms with Gasteiger partial charge in [0.2, 0.25) is 0 Å². The van der Waals surface area contributed by atoms with Crippen molar-refractivity contribution in [3.63, 3.8) is 0 Å². The van der Waals surface area contributed by atoms with Crippen LogP contribution in [0.3, 0.4) is 0 Å². The molecule has 104 valence electrons. The maximum absolute atomic E-state index is 11.9. The van der Waals surface area contributed by atoms with Gasteiger partial charge in [-0.05, 0) is 23.8 Å². The summed E-state index contributed by atoms with van der Waals surface area (Å²) in [5.74, 6) is -0.529. The normalized spacial score (nSPS) is 10.5. The standard InChI is InChI=1S/C17H13NO3/c19-17(21-20-12-13-5-2-1-3-6-13)15-9-8-14-7-4-10-18-16(14)11-15/h1-11H,12H2. The van der Waals surface area contributed by atoms with Crippen LogP contribution in [0.1, 0.15) is 15.9 Å². The Morgan fingerprint density at radius 2 is 1.86 bits per heavy atom. The molecule has 0 fully saturated rings. The minimum Gasteiger partial charge on any atom is -0.292 e. The number of carbonyl (C=O) groups is 1. The first-order chi connectivity index (χ1) is 10.3. The first-order valence-electron chi connectivity index (χ1n) is 6.55. The van der Waals surface area contributed by atoms with Gasteiger partial charge in [0.05, 0.1) is 11.1 Å². The van der Waals surface area contributed by atoms with Gasteiger partial charge in [-0.1, -0.05) is 42.5 Å². The summed E-state index contributed by atoms with van der Waals surface area (Å²) in [5.41, 5.74) is 2.09. The molecule has 0 spiro atoms. The molecule has 0 bridgehead atoms. The molecule has 0 saturated heterocycles. The number of carbonyl (C=O) groups excluding carboxylic acids is 1. The smallest absolute Gasteiger partial charge is 0.292 e. The van der Waals surface area contributed by atoms with Crippen LogP contribution in [-0.2, 0) is 16.4 Å². The van der Waals surface area contributed by atoms with Crippen LogP contribution in [0.2, 0.25) is 0 Å². The summed E-state index contributed by atoms with van der Waals surface area (Å²) in [6.07, 6.45) is 1.68. The van der Waals surface area contributed by atoms with Crippen LogP contribution in [-0.4, -0.2) is 11.0 Å². The Bertz CT molecular complexity index is 756. The summed E-state index contributed by atoms with van der Waals surface area (Å²) < 4.78 is 0. The number of aromatic nitrogens is 1. The van der Waals surface area contributed by atoms with E-state index in [9.17, 15) is 4.79 Å². The molecular formula is C17H13NO3. The third kappa shape index (κ3) is 3.24. The second-order valence-electron chi connectivity index (χ2n) is 4.53. The van der Waals surface area contributed by atoms with Crippen LogP contribution < -0.4 is 0 Å². The molecule has 0 unspecified atom stereocenters. The zero-order chi connectivity index (χ0) is 14.5. The van der Waals surface area contributed by atoms with Gasteiger partial charge in [-0.15, -0.1) is 0 Å². The first-order valence-corrected chi connectivity index (χ1v) is 6.55. The van der Waals surface area contributed by atoms with Gasteiger partial charge in [-0.25, -0.2) is 4.79 Å². The average molecular weight is 279 g/mol. The molecule has 1 heterocycles. The minimum absolute atomic E-state index is 0.221. The number of hydrogen-bond acceptors (Lipinski definition) is 4. The highest BCUT2D eigenvalue weighted by molar-refractivity contribution is 5.93. The van der Waals surface area contributed by atoms with Gasteiger partial charge >= 0.3 is 5.97 Å². The van der Waals surface area contributed by atoms with E-state index < -0.39 is 5.97 Å². The summed E-state index contributed by atoms with van der Waals surface area (Å²) in [6, 6.07) is 18.5. The van der Waals surface area contributed by atoms with Crippen LogP contribution in [0.5, 0.6) is 0 Å². The second kappa shape index (κ2) is 6.15. The molecule has 4 nitrogen and oxygen atoms in total. The predicted molar refractivity (Wildman–Crippen MR) is 78.4 cm³/mol. The fraction of sp³-hybridized carbons (Fsp3) is 0.0588. The topological polar surface area (TPSA) is 48.4 Å². The van der Waals surface area contributed by atoms with Crippen LogP contribution in [0.4, 0.5) is 0 Å². The monoisotopic (exact) mass is 279 g/mol. The quantitative estimate of drug-likeness (QED) is 0.541. The Hall–Kier alpha value is -2.72. The van der Waals surface area contributed by atoms with Crippen molar-refractivity contribution in [1.82, 2.24) is 4.98 Å². The molecule has 0 radical (unpaired) electrons. The third-order valence-electron chi connectivity index (χ3n) is 3.04. The number of benzene rings is 2. The van der Waals surface area contributed by atoms with Crippen molar-refractivity contribution in [3.8, 4) is 0 Å². The van der Waals surface area contributed by atoms with Gasteiger partial charge < -0.3 is 0 Å². The maximum Gasteiger partial charge on any atom is 0.373 e. The Labute approximate surface area is 121 Å². The van der Waals surface area contributed by atoms with Crippen molar-refractivity contribution >= 4 is 16.9 Å². The van der Waals surface area contributed by atoms with E-state index in [2.05, 4.69) is 4.98 Å². The van der Waals surface area contributed by atoms with Crippen molar-refractivity contribution in [2.75, 3.05) is 0 Å². The molecule has 21 heavy (non-hydrogen) atoms. The number of fused-ring (bicyclic) bond motifs is 1. The van der Waals surface area contributed by atoms with E-state index in [1.165, 1.54) is 0 Å². The van der Waals surface area contributed by atoms with Crippen molar-refractivity contribution in [2.24, 2.45) is 0 Å². The largest absolute Gasteiger partial charge is 0.373 e. The number of hydrogen-bond donors (Lipinski definition) is 0. The van der Waals surface area contributed by atoms with E-state index in [1.54, 1.807) is 18.3 Å². The highest BCUT2D eigenvalue weighted by Crippen LogP contribution is 2.14. The number of pyridine rings is 1. The van der Waals surface area contributed by atoms with Gasteiger partial charge in [0.1, 0.15) is 6.61 Å². The summed E-state index contributed by atoms with van der Waals surface area (Å²) in [5, 5.41) is 0.972. The predicted octanol–water partition coefficient (Wildman–Crippen LogP) is 3.52. The van der Waals surface area contributed by atoms with Crippen molar-refractivity contribution in [1.29, 1.82) is 0 Å². The lowest BCUT2D eigenvalue weighted by Crippen LogP contribution is -2.06. The highest BCUT2D eigenvalue weighted by atomic mass is 17.2. The molecule has 0 saturated carbocycles. The molecule has 4 heteroatoms. The van der Waals surface area contributed by atoms with E-state index in [1.807, 2.05) is 48.5 Å². The summed E-state index contributed by atoms with van der Waals surface area (Å²) in [4.78, 5) is 25.9. The molecule has 1 aromatic heterocycles. The summed E-state index contributed by atoms with van der Waals surface area (Å²) >= 11 is 0. The van der Waals surface area contributed by atoms with E-state index in [0.29, 0.717) is 5.56 Å². The zero-order valence-corrected chi connectivity index (χ0v) is 11.2. The molecule has 0 N–H and O–H groups in total. The molecule has 2 aromatic carbocycles. The molecule has 3 aromatic rings. The lowest BCUT2D eigenvalue weighted by Gasteiger charge is -2.04. The molecule has 0 atom stereocenters. The fourth-order valence-electron chi connectivity index (χ4n) is 1.97. The van der Waals surface area contributed by atoms with Gasteiger partial charge in [0.15, 0.2) is 0 Å². The third-order valence-corrected chi connectivity index (χ3v) is 3.04. The Morgan fingerprint density at radius 1 is 1.00 bits per heavy atom. The summed E-state index contributed by atoms with van der Waals surface area (Å²) in [6.45, 7) is 0.221. The van der Waals surface area contributed by atoms with E-state index in [-0.39, 0.29) is 6.61 Å². The SMILES string of the molecule is O=C(OOCc1ccccc1)c1ccc2cccnc2c1.